The molecule has 0 radical (unpaired) electrons. The molecule has 0 spiro atoms. The number of carbonyl (C=O) groups is 1. The zero-order chi connectivity index (χ0) is 23.5. The van der Waals surface area contributed by atoms with E-state index in [1.807, 2.05) is 35.2 Å². The smallest absolute Gasteiger partial charge is 0.259 e. The molecule has 1 atom stereocenters. The summed E-state index contributed by atoms with van der Waals surface area (Å²) in [7, 11) is 4.63. The first-order chi connectivity index (χ1) is 15.8. The predicted molar refractivity (Wildman–Crippen MR) is 137 cm³/mol. The molecule has 1 aliphatic carbocycles. The Kier molecular flexibility index (Phi) is 7.62. The summed E-state index contributed by atoms with van der Waals surface area (Å²) in [4.78, 5) is 15.7. The Labute approximate surface area is 207 Å². The van der Waals surface area contributed by atoms with Crippen LogP contribution in [0.3, 0.4) is 0 Å². The Morgan fingerprint density at radius 3 is 2.24 bits per heavy atom. The minimum Gasteiger partial charge on any atom is -0.375 e. The second-order valence-corrected chi connectivity index (χ2v) is 11.3. The number of benzene rings is 2. The van der Waals surface area contributed by atoms with Gasteiger partial charge in [-0.1, -0.05) is 77.3 Å². The second-order valence-electron chi connectivity index (χ2n) is 10.5. The van der Waals surface area contributed by atoms with Crippen molar-refractivity contribution >= 4 is 21.8 Å². The number of quaternary nitrogens is 1. The lowest BCUT2D eigenvalue weighted by Crippen LogP contribution is -2.58. The Morgan fingerprint density at radius 2 is 1.61 bits per heavy atom. The number of nitrogens with zero attached hydrogens (tertiary/aromatic N) is 2. The van der Waals surface area contributed by atoms with Gasteiger partial charge in [-0.05, 0) is 30.0 Å². The number of amides is 1. The first-order valence-electron chi connectivity index (χ1n) is 12.5. The van der Waals surface area contributed by atoms with Crippen LogP contribution in [0.4, 0.5) is 0 Å². The number of halogens is 1. The molecule has 1 amide bonds. The lowest BCUT2D eigenvalue weighted by Gasteiger charge is -2.45. The molecule has 178 valence electrons. The molecule has 2 fully saturated rings. The first-order valence-corrected chi connectivity index (χ1v) is 13.2. The topological polar surface area (TPSA) is 40.5 Å². The number of hydrogen-bond donors (Lipinski definition) is 1. The second kappa shape index (κ2) is 10.3. The predicted octanol–water partition coefficient (Wildman–Crippen LogP) is 5.14. The van der Waals surface area contributed by atoms with Gasteiger partial charge in [0.2, 0.25) is 0 Å². The highest BCUT2D eigenvalue weighted by Crippen LogP contribution is 2.42. The van der Waals surface area contributed by atoms with Crippen molar-refractivity contribution in [3.63, 3.8) is 0 Å². The Hall–Kier alpha value is -1.69. The molecule has 1 saturated heterocycles. The largest absolute Gasteiger partial charge is 0.375 e. The van der Waals surface area contributed by atoms with Crippen LogP contribution in [-0.2, 0) is 16.8 Å². The van der Waals surface area contributed by atoms with Crippen LogP contribution in [0.5, 0.6) is 0 Å². The molecule has 1 saturated carbocycles. The number of likely N-dealkylation sites (N-methyl/N-ethyl adjacent to an activating group) is 1. The van der Waals surface area contributed by atoms with E-state index in [0.717, 1.165) is 74.6 Å². The quantitative estimate of drug-likeness (QED) is 0.520. The van der Waals surface area contributed by atoms with Crippen LogP contribution in [0.15, 0.2) is 59.1 Å². The number of aliphatic hydroxyl groups is 1. The van der Waals surface area contributed by atoms with Gasteiger partial charge < -0.3 is 14.5 Å². The lowest BCUT2D eigenvalue weighted by molar-refractivity contribution is -0.916. The van der Waals surface area contributed by atoms with Gasteiger partial charge in [-0.3, -0.25) is 4.79 Å². The van der Waals surface area contributed by atoms with Gasteiger partial charge in [-0.25, -0.2) is 0 Å². The monoisotopic (exact) mass is 513 g/mol. The van der Waals surface area contributed by atoms with E-state index in [2.05, 4.69) is 54.3 Å². The molecule has 5 heteroatoms. The molecular weight excluding hydrogens is 476 g/mol. The lowest BCUT2D eigenvalue weighted by atomic mass is 9.78. The highest BCUT2D eigenvalue weighted by atomic mass is 79.9. The van der Waals surface area contributed by atoms with E-state index >= 15 is 0 Å². The summed E-state index contributed by atoms with van der Waals surface area (Å²) in [6.07, 6.45) is 7.02. The third kappa shape index (κ3) is 5.21. The van der Waals surface area contributed by atoms with Crippen LogP contribution in [0.1, 0.15) is 49.7 Å². The van der Waals surface area contributed by atoms with Crippen LogP contribution in [0.2, 0.25) is 0 Å². The SMILES string of the molecule is C[N+](C)(CCc1ccccc1Br)C1CCN(C(=O)C(O)(c2ccccc2)C2CCCC2)CC1. The van der Waals surface area contributed by atoms with Gasteiger partial charge in [0, 0.05) is 42.7 Å². The summed E-state index contributed by atoms with van der Waals surface area (Å²) in [6.45, 7) is 2.52. The van der Waals surface area contributed by atoms with Crippen LogP contribution < -0.4 is 0 Å². The summed E-state index contributed by atoms with van der Waals surface area (Å²) in [6, 6.07) is 18.6. The van der Waals surface area contributed by atoms with E-state index in [9.17, 15) is 9.90 Å². The zero-order valence-corrected chi connectivity index (χ0v) is 21.6. The van der Waals surface area contributed by atoms with Crippen molar-refractivity contribution in [2.45, 2.75) is 56.6 Å². The molecule has 1 N–H and O–H groups in total. The zero-order valence-electron chi connectivity index (χ0n) is 20.0. The highest BCUT2D eigenvalue weighted by molar-refractivity contribution is 9.10. The van der Waals surface area contributed by atoms with Crippen molar-refractivity contribution in [2.75, 3.05) is 33.7 Å². The van der Waals surface area contributed by atoms with Gasteiger partial charge in [0.15, 0.2) is 5.60 Å². The Balaban J connectivity index is 1.41. The molecule has 0 bridgehead atoms. The molecule has 1 heterocycles. The van der Waals surface area contributed by atoms with Crippen molar-refractivity contribution in [1.82, 2.24) is 4.90 Å². The molecule has 2 aliphatic rings. The van der Waals surface area contributed by atoms with Crippen LogP contribution in [-0.4, -0.2) is 60.2 Å². The van der Waals surface area contributed by atoms with Gasteiger partial charge in [0.1, 0.15) is 0 Å². The first kappa shape index (κ1) is 24.4. The molecular formula is C28H38BrN2O2+. The van der Waals surface area contributed by atoms with E-state index < -0.39 is 5.60 Å². The summed E-state index contributed by atoms with van der Waals surface area (Å²) >= 11 is 3.67. The number of hydrogen-bond acceptors (Lipinski definition) is 2. The van der Waals surface area contributed by atoms with Crippen molar-refractivity contribution in [1.29, 1.82) is 0 Å². The maximum absolute atomic E-state index is 13.8. The molecule has 2 aromatic carbocycles. The maximum atomic E-state index is 13.8. The van der Waals surface area contributed by atoms with Crippen LogP contribution in [0, 0.1) is 5.92 Å². The van der Waals surface area contributed by atoms with Gasteiger partial charge in [-0.15, -0.1) is 0 Å². The summed E-state index contributed by atoms with van der Waals surface area (Å²) in [5, 5.41) is 11.9. The number of carbonyl (C=O) groups excluding carboxylic acids is 1. The van der Waals surface area contributed by atoms with Gasteiger partial charge in [-0.2, -0.15) is 0 Å². The molecule has 2 aromatic rings. The van der Waals surface area contributed by atoms with Crippen LogP contribution >= 0.6 is 15.9 Å². The minimum absolute atomic E-state index is 0.0154. The highest BCUT2D eigenvalue weighted by Gasteiger charge is 2.49. The number of rotatable bonds is 7. The van der Waals surface area contributed by atoms with E-state index in [0.29, 0.717) is 6.04 Å². The standard InChI is InChI=1S/C28H38BrN2O2/c1-31(2,21-18-22-10-6-9-15-26(22)29)25-16-19-30(20-17-25)27(32)28(33,24-13-7-8-14-24)23-11-4-3-5-12-23/h3-6,9-12,15,24-25,33H,7-8,13-14,16-21H2,1-2H3/q+1. The fourth-order valence-electron chi connectivity index (χ4n) is 5.87. The normalized spacial score (nSPS) is 20.1. The molecule has 4 nitrogen and oxygen atoms in total. The Morgan fingerprint density at radius 1 is 1.00 bits per heavy atom. The molecule has 33 heavy (non-hydrogen) atoms. The Bertz CT molecular complexity index is 934. The van der Waals surface area contributed by atoms with Crippen molar-refractivity contribution in [2.24, 2.45) is 5.92 Å². The number of piperidine rings is 1. The molecule has 1 unspecified atom stereocenters. The van der Waals surface area contributed by atoms with Crippen molar-refractivity contribution < 1.29 is 14.4 Å². The van der Waals surface area contributed by atoms with Crippen molar-refractivity contribution in [3.05, 3.63) is 70.2 Å². The molecule has 0 aromatic heterocycles. The average Bonchev–Trinajstić information content (AvgIpc) is 3.39. The number of likely N-dealkylation sites (tertiary alicyclic amines) is 1. The maximum Gasteiger partial charge on any atom is 0.259 e. The van der Waals surface area contributed by atoms with E-state index in [-0.39, 0.29) is 11.8 Å². The fraction of sp³-hybridized carbons (Fsp3) is 0.536. The minimum atomic E-state index is -1.39. The van der Waals surface area contributed by atoms with E-state index in [1.165, 1.54) is 10.0 Å². The van der Waals surface area contributed by atoms with Gasteiger partial charge in [0.05, 0.1) is 26.7 Å². The summed E-state index contributed by atoms with van der Waals surface area (Å²) in [5.74, 6) is -0.0702. The third-order valence-corrected chi connectivity index (χ3v) is 8.92. The molecule has 4 rings (SSSR count). The van der Waals surface area contributed by atoms with E-state index in [4.69, 9.17) is 0 Å². The molecule has 1 aliphatic heterocycles. The van der Waals surface area contributed by atoms with Crippen molar-refractivity contribution in [3.8, 4) is 0 Å². The van der Waals surface area contributed by atoms with Crippen LogP contribution in [0.25, 0.3) is 0 Å². The van der Waals surface area contributed by atoms with Gasteiger partial charge in [0.25, 0.3) is 5.91 Å². The summed E-state index contributed by atoms with van der Waals surface area (Å²) in [5.41, 5.74) is 0.712. The summed E-state index contributed by atoms with van der Waals surface area (Å²) < 4.78 is 2.13. The third-order valence-electron chi connectivity index (χ3n) is 8.14. The fourth-order valence-corrected chi connectivity index (χ4v) is 6.35. The van der Waals surface area contributed by atoms with E-state index in [1.54, 1.807) is 0 Å². The average molecular weight is 515 g/mol. The van der Waals surface area contributed by atoms with Gasteiger partial charge >= 0.3 is 0 Å².